The maximum atomic E-state index is 9.88. The van der Waals surface area contributed by atoms with Crippen LogP contribution in [-0.4, -0.2) is 23.3 Å². The molecule has 0 aliphatic carbocycles. The minimum absolute atomic E-state index is 0.419. The van der Waals surface area contributed by atoms with Gasteiger partial charge in [0.15, 0.2) is 6.61 Å². The number of rotatable bonds is 3. The van der Waals surface area contributed by atoms with Crippen LogP contribution in [-0.2, 0) is 14.6 Å². The molecule has 60 valence electrons. The maximum absolute atomic E-state index is 9.88. The van der Waals surface area contributed by atoms with Crippen LogP contribution >= 0.6 is 0 Å². The zero-order chi connectivity index (χ0) is 8.20. The number of carboxylic acid groups (broad SMARTS) is 1. The van der Waals surface area contributed by atoms with E-state index in [1.54, 1.807) is 20.8 Å². The van der Waals surface area contributed by atoms with Gasteiger partial charge in [-0.25, -0.2) is 14.6 Å². The van der Waals surface area contributed by atoms with E-state index in [9.17, 15) is 4.79 Å². The van der Waals surface area contributed by atoms with Gasteiger partial charge in [-0.3, -0.25) is 0 Å². The van der Waals surface area contributed by atoms with Crippen molar-refractivity contribution in [1.29, 1.82) is 0 Å². The zero-order valence-electron chi connectivity index (χ0n) is 6.38. The van der Waals surface area contributed by atoms with Crippen LogP contribution in [0.2, 0.25) is 0 Å². The van der Waals surface area contributed by atoms with Gasteiger partial charge in [-0.2, -0.15) is 0 Å². The molecule has 0 amide bonds. The normalized spacial score (nSPS) is 11.5. The van der Waals surface area contributed by atoms with E-state index in [0.29, 0.717) is 0 Å². The van der Waals surface area contributed by atoms with Gasteiger partial charge in [-0.05, 0) is 20.8 Å². The van der Waals surface area contributed by atoms with Crippen molar-refractivity contribution in [2.75, 3.05) is 6.61 Å². The summed E-state index contributed by atoms with van der Waals surface area (Å²) in [5.41, 5.74) is -0.449. The maximum Gasteiger partial charge on any atom is 0.333 e. The Kier molecular flexibility index (Phi) is 3.32. The van der Waals surface area contributed by atoms with Gasteiger partial charge in [0.05, 0.1) is 5.60 Å². The van der Waals surface area contributed by atoms with Crippen LogP contribution in [0.1, 0.15) is 20.8 Å². The van der Waals surface area contributed by atoms with Crippen LogP contribution in [0.25, 0.3) is 0 Å². The second-order valence-electron chi connectivity index (χ2n) is 2.85. The molecule has 10 heavy (non-hydrogen) atoms. The molecule has 0 atom stereocenters. The average molecular weight is 148 g/mol. The first-order chi connectivity index (χ1) is 4.42. The quantitative estimate of drug-likeness (QED) is 0.475. The lowest BCUT2D eigenvalue weighted by Crippen LogP contribution is -2.21. The van der Waals surface area contributed by atoms with Crippen LogP contribution < -0.4 is 0 Å². The third-order valence-electron chi connectivity index (χ3n) is 0.491. The lowest BCUT2D eigenvalue weighted by atomic mass is 10.2. The van der Waals surface area contributed by atoms with Crippen molar-refractivity contribution in [2.24, 2.45) is 0 Å². The Morgan fingerprint density at radius 3 is 2.30 bits per heavy atom. The summed E-state index contributed by atoms with van der Waals surface area (Å²) in [6.45, 7) is 4.90. The molecule has 0 radical (unpaired) electrons. The van der Waals surface area contributed by atoms with Crippen LogP contribution in [0, 0.1) is 0 Å². The first kappa shape index (κ1) is 9.39. The van der Waals surface area contributed by atoms with Crippen LogP contribution in [0.5, 0.6) is 0 Å². The number of hydrogen-bond donors (Lipinski definition) is 1. The van der Waals surface area contributed by atoms with E-state index in [-0.39, 0.29) is 0 Å². The minimum atomic E-state index is -1.04. The molecule has 0 aliphatic rings. The number of hydrogen-bond acceptors (Lipinski definition) is 3. The smallest absolute Gasteiger partial charge is 0.333 e. The Hall–Kier alpha value is -0.610. The summed E-state index contributed by atoms with van der Waals surface area (Å²) in [6, 6.07) is 0. The highest BCUT2D eigenvalue weighted by atomic mass is 17.2. The molecule has 1 N–H and O–H groups in total. The number of carboxylic acids is 1. The van der Waals surface area contributed by atoms with E-state index in [2.05, 4.69) is 9.78 Å². The van der Waals surface area contributed by atoms with Crippen molar-refractivity contribution >= 4 is 5.97 Å². The highest BCUT2D eigenvalue weighted by Crippen LogP contribution is 2.06. The molecule has 0 aromatic rings. The van der Waals surface area contributed by atoms with E-state index >= 15 is 0 Å². The largest absolute Gasteiger partial charge is 0.479 e. The van der Waals surface area contributed by atoms with Crippen molar-refractivity contribution in [1.82, 2.24) is 0 Å². The molecule has 4 heteroatoms. The summed E-state index contributed by atoms with van der Waals surface area (Å²) in [5.74, 6) is -1.04. The standard InChI is InChI=1S/C6H12O4/c1-6(2,3)10-9-4-5(7)8/h4H2,1-3H3,(H,7,8). The van der Waals surface area contributed by atoms with Crippen molar-refractivity contribution in [3.05, 3.63) is 0 Å². The summed E-state index contributed by atoms with van der Waals surface area (Å²) < 4.78 is 0. The molecule has 0 spiro atoms. The third-order valence-corrected chi connectivity index (χ3v) is 0.491. The molecule has 0 heterocycles. The van der Waals surface area contributed by atoms with Crippen molar-refractivity contribution in [3.8, 4) is 0 Å². The molecule has 0 saturated heterocycles. The summed E-state index contributed by atoms with van der Waals surface area (Å²) in [7, 11) is 0. The molecule has 0 rings (SSSR count). The first-order valence-electron chi connectivity index (χ1n) is 2.94. The Morgan fingerprint density at radius 1 is 1.50 bits per heavy atom. The van der Waals surface area contributed by atoms with Gasteiger partial charge in [0, 0.05) is 0 Å². The highest BCUT2D eigenvalue weighted by molar-refractivity contribution is 5.67. The number of carbonyl (C=O) groups is 1. The molecule has 0 aliphatic heterocycles. The molecule has 0 aromatic heterocycles. The van der Waals surface area contributed by atoms with Gasteiger partial charge in [0.25, 0.3) is 0 Å². The summed E-state index contributed by atoms with van der Waals surface area (Å²) in [5, 5.41) is 8.11. The fourth-order valence-electron chi connectivity index (χ4n) is 0.257. The van der Waals surface area contributed by atoms with Crippen LogP contribution in [0.15, 0.2) is 0 Å². The second-order valence-corrected chi connectivity index (χ2v) is 2.85. The Bertz CT molecular complexity index is 113. The van der Waals surface area contributed by atoms with Gasteiger partial charge in [-0.15, -0.1) is 0 Å². The van der Waals surface area contributed by atoms with Crippen molar-refractivity contribution in [2.45, 2.75) is 26.4 Å². The molecule has 0 saturated carbocycles. The van der Waals surface area contributed by atoms with Crippen molar-refractivity contribution in [3.63, 3.8) is 0 Å². The lowest BCUT2D eigenvalue weighted by molar-refractivity contribution is -0.344. The van der Waals surface area contributed by atoms with E-state index in [1.165, 1.54) is 0 Å². The molecule has 0 unspecified atom stereocenters. The van der Waals surface area contributed by atoms with Gasteiger partial charge < -0.3 is 5.11 Å². The van der Waals surface area contributed by atoms with Crippen LogP contribution in [0.3, 0.4) is 0 Å². The number of aliphatic carboxylic acids is 1. The summed E-state index contributed by atoms with van der Waals surface area (Å²) in [6.07, 6.45) is 0. The summed E-state index contributed by atoms with van der Waals surface area (Å²) >= 11 is 0. The predicted octanol–water partition coefficient (Wildman–Crippen LogP) is 0.818. The molecule has 0 aromatic carbocycles. The summed E-state index contributed by atoms with van der Waals surface area (Å²) in [4.78, 5) is 18.9. The first-order valence-corrected chi connectivity index (χ1v) is 2.94. The Balaban J connectivity index is 3.29. The van der Waals surface area contributed by atoms with E-state index in [0.717, 1.165) is 0 Å². The SMILES string of the molecule is CC(C)(C)OOCC(=O)O. The second kappa shape index (κ2) is 3.53. The van der Waals surface area contributed by atoms with Gasteiger partial charge >= 0.3 is 5.97 Å². The molecule has 0 fully saturated rings. The third kappa shape index (κ3) is 7.39. The van der Waals surface area contributed by atoms with Gasteiger partial charge in [-0.1, -0.05) is 0 Å². The minimum Gasteiger partial charge on any atom is -0.479 e. The van der Waals surface area contributed by atoms with Crippen LogP contribution in [0.4, 0.5) is 0 Å². The van der Waals surface area contributed by atoms with E-state index in [1.807, 2.05) is 0 Å². The van der Waals surface area contributed by atoms with Crippen molar-refractivity contribution < 1.29 is 19.7 Å². The Labute approximate surface area is 59.7 Å². The topological polar surface area (TPSA) is 55.8 Å². The van der Waals surface area contributed by atoms with E-state index < -0.39 is 18.2 Å². The van der Waals surface area contributed by atoms with Gasteiger partial charge in [0.1, 0.15) is 0 Å². The molecular weight excluding hydrogens is 136 g/mol. The fourth-order valence-corrected chi connectivity index (χ4v) is 0.257. The molecular formula is C6H12O4. The zero-order valence-corrected chi connectivity index (χ0v) is 6.38. The average Bonchev–Trinajstić information content (AvgIpc) is 1.59. The monoisotopic (exact) mass is 148 g/mol. The Morgan fingerprint density at radius 2 is 2.00 bits per heavy atom. The lowest BCUT2D eigenvalue weighted by Gasteiger charge is -2.16. The van der Waals surface area contributed by atoms with Gasteiger partial charge in [0.2, 0.25) is 0 Å². The fraction of sp³-hybridized carbons (Fsp3) is 0.833. The molecule has 4 nitrogen and oxygen atoms in total. The molecule has 0 bridgehead atoms. The highest BCUT2D eigenvalue weighted by Gasteiger charge is 2.11. The predicted molar refractivity (Wildman–Crippen MR) is 34.4 cm³/mol. The van der Waals surface area contributed by atoms with E-state index in [4.69, 9.17) is 5.11 Å².